The molecule has 0 saturated carbocycles. The minimum Gasteiger partial charge on any atom is -0.382 e. The molecule has 78 valence electrons. The molecule has 0 spiro atoms. The fourth-order valence-electron chi connectivity index (χ4n) is 0.966. The second-order valence-corrected chi connectivity index (χ2v) is 3.56. The highest BCUT2D eigenvalue weighted by molar-refractivity contribution is 7.09. The van der Waals surface area contributed by atoms with Gasteiger partial charge in [0.1, 0.15) is 17.3 Å². The summed E-state index contributed by atoms with van der Waals surface area (Å²) in [6, 6.07) is 1.45. The van der Waals surface area contributed by atoms with Gasteiger partial charge < -0.3 is 5.73 Å². The second-order valence-electron chi connectivity index (χ2n) is 2.81. The fraction of sp³-hybridized carbons (Fsp3) is 0.143. The maximum absolute atomic E-state index is 11.5. The van der Waals surface area contributed by atoms with Gasteiger partial charge in [-0.1, -0.05) is 0 Å². The molecule has 0 radical (unpaired) electrons. The summed E-state index contributed by atoms with van der Waals surface area (Å²) in [7, 11) is 0. The maximum atomic E-state index is 11.5. The molecule has 0 fully saturated rings. The highest BCUT2D eigenvalue weighted by Gasteiger charge is 2.10. The Morgan fingerprint density at radius 2 is 2.47 bits per heavy atom. The van der Waals surface area contributed by atoms with Crippen LogP contribution in [0.2, 0.25) is 0 Å². The van der Waals surface area contributed by atoms with E-state index in [0.717, 1.165) is 11.5 Å². The molecule has 2 aromatic heterocycles. The van der Waals surface area contributed by atoms with Crippen LogP contribution < -0.4 is 11.1 Å². The van der Waals surface area contributed by atoms with Gasteiger partial charge in [-0.15, -0.1) is 0 Å². The number of aromatic amines is 1. The topological polar surface area (TPSA) is 110 Å². The number of rotatable bonds is 2. The Bertz CT molecular complexity index is 489. The van der Waals surface area contributed by atoms with Gasteiger partial charge in [0.2, 0.25) is 5.13 Å². The van der Waals surface area contributed by atoms with E-state index in [1.54, 1.807) is 6.92 Å². The van der Waals surface area contributed by atoms with E-state index in [0.29, 0.717) is 16.6 Å². The first-order chi connectivity index (χ1) is 7.15. The zero-order chi connectivity index (χ0) is 10.8. The summed E-state index contributed by atoms with van der Waals surface area (Å²) in [6.45, 7) is 1.75. The first-order valence-electron chi connectivity index (χ1n) is 4.07. The molecule has 1 amide bonds. The van der Waals surface area contributed by atoms with Crippen molar-refractivity contribution in [2.75, 3.05) is 11.1 Å². The Morgan fingerprint density at radius 1 is 1.67 bits per heavy atom. The maximum Gasteiger partial charge on any atom is 0.275 e. The summed E-state index contributed by atoms with van der Waals surface area (Å²) in [5, 5.41) is 9.17. The number of hydrogen-bond donors (Lipinski definition) is 3. The van der Waals surface area contributed by atoms with Crippen LogP contribution in [0.4, 0.5) is 10.9 Å². The van der Waals surface area contributed by atoms with Crippen LogP contribution in [0, 0.1) is 6.92 Å². The Balaban J connectivity index is 2.10. The number of aromatic nitrogens is 4. The lowest BCUT2D eigenvalue weighted by molar-refractivity contribution is 0.102. The third-order valence-corrected chi connectivity index (χ3v) is 2.31. The molecule has 2 aromatic rings. The molecule has 0 atom stereocenters. The number of nitrogens with two attached hydrogens (primary N) is 1. The van der Waals surface area contributed by atoms with Gasteiger partial charge in [0.15, 0.2) is 0 Å². The predicted molar refractivity (Wildman–Crippen MR) is 55.6 cm³/mol. The van der Waals surface area contributed by atoms with Gasteiger partial charge >= 0.3 is 0 Å². The lowest BCUT2D eigenvalue weighted by Gasteiger charge is -1.95. The van der Waals surface area contributed by atoms with Crippen LogP contribution in [0.1, 0.15) is 16.3 Å². The van der Waals surface area contributed by atoms with Crippen molar-refractivity contribution in [3.8, 4) is 0 Å². The number of amides is 1. The average Bonchev–Trinajstić information content (AvgIpc) is 2.75. The van der Waals surface area contributed by atoms with Crippen molar-refractivity contribution in [1.82, 2.24) is 19.6 Å². The van der Waals surface area contributed by atoms with Crippen molar-refractivity contribution in [2.45, 2.75) is 6.92 Å². The molecule has 7 nitrogen and oxygen atoms in total. The number of nitrogens with zero attached hydrogens (tertiary/aromatic N) is 3. The second kappa shape index (κ2) is 3.65. The average molecular weight is 224 g/mol. The van der Waals surface area contributed by atoms with Crippen LogP contribution in [0.3, 0.4) is 0 Å². The fourth-order valence-corrected chi connectivity index (χ4v) is 1.54. The molecule has 0 saturated heterocycles. The lowest BCUT2D eigenvalue weighted by Crippen LogP contribution is -2.12. The minimum atomic E-state index is -0.338. The molecule has 8 heteroatoms. The number of H-pyrrole nitrogens is 1. The highest BCUT2D eigenvalue weighted by Crippen LogP contribution is 2.11. The van der Waals surface area contributed by atoms with E-state index >= 15 is 0 Å². The summed E-state index contributed by atoms with van der Waals surface area (Å²) in [5.41, 5.74) is 5.66. The van der Waals surface area contributed by atoms with Crippen molar-refractivity contribution < 1.29 is 4.79 Å². The SMILES string of the molecule is Cc1nsc(NC(=O)c2cc(N)n[nH]2)n1. The van der Waals surface area contributed by atoms with Crippen molar-refractivity contribution in [3.05, 3.63) is 17.6 Å². The van der Waals surface area contributed by atoms with Gasteiger partial charge in [0, 0.05) is 17.6 Å². The summed E-state index contributed by atoms with van der Waals surface area (Å²) in [5.74, 6) is 0.559. The van der Waals surface area contributed by atoms with Gasteiger partial charge in [-0.3, -0.25) is 15.2 Å². The first-order valence-corrected chi connectivity index (χ1v) is 4.85. The number of hydrogen-bond acceptors (Lipinski definition) is 6. The van der Waals surface area contributed by atoms with Gasteiger partial charge in [-0.25, -0.2) is 4.98 Å². The zero-order valence-electron chi connectivity index (χ0n) is 7.81. The first kappa shape index (κ1) is 9.59. The van der Waals surface area contributed by atoms with Gasteiger partial charge in [-0.05, 0) is 6.92 Å². The van der Waals surface area contributed by atoms with Gasteiger partial charge in [0.25, 0.3) is 5.91 Å². The molecule has 0 aliphatic rings. The van der Waals surface area contributed by atoms with Crippen LogP contribution in [0.15, 0.2) is 6.07 Å². The molecule has 0 aliphatic carbocycles. The normalized spacial score (nSPS) is 10.2. The van der Waals surface area contributed by atoms with Gasteiger partial charge in [0.05, 0.1) is 0 Å². The summed E-state index contributed by atoms with van der Waals surface area (Å²) >= 11 is 1.12. The molecule has 2 heterocycles. The van der Waals surface area contributed by atoms with Crippen LogP contribution in [-0.4, -0.2) is 25.5 Å². The van der Waals surface area contributed by atoms with E-state index in [-0.39, 0.29) is 11.7 Å². The van der Waals surface area contributed by atoms with E-state index in [4.69, 9.17) is 5.73 Å². The van der Waals surface area contributed by atoms with E-state index < -0.39 is 0 Å². The Kier molecular flexibility index (Phi) is 2.34. The monoisotopic (exact) mass is 224 g/mol. The van der Waals surface area contributed by atoms with Crippen molar-refractivity contribution in [2.24, 2.45) is 0 Å². The quantitative estimate of drug-likeness (QED) is 0.684. The Hall–Kier alpha value is -1.96. The molecule has 4 N–H and O–H groups in total. The van der Waals surface area contributed by atoms with Crippen molar-refractivity contribution >= 4 is 28.4 Å². The minimum absolute atomic E-state index is 0.272. The molecule has 0 unspecified atom stereocenters. The standard InChI is InChI=1S/C7H8N6OS/c1-3-9-7(15-13-3)10-6(14)4-2-5(8)12-11-4/h2H,1H3,(H3,8,11,12)(H,9,10,13,14). The van der Waals surface area contributed by atoms with Gasteiger partial charge in [-0.2, -0.15) is 9.47 Å². The Labute approximate surface area is 88.9 Å². The molecule has 0 bridgehead atoms. The van der Waals surface area contributed by atoms with Crippen LogP contribution in [0.5, 0.6) is 0 Å². The third-order valence-electron chi connectivity index (χ3n) is 1.59. The number of nitrogens with one attached hydrogen (secondary N) is 2. The summed E-state index contributed by atoms with van der Waals surface area (Å²) in [6.07, 6.45) is 0. The summed E-state index contributed by atoms with van der Waals surface area (Å²) < 4.78 is 3.93. The van der Waals surface area contributed by atoms with Crippen LogP contribution in [-0.2, 0) is 0 Å². The molecule has 0 aliphatic heterocycles. The molecule has 0 aromatic carbocycles. The Morgan fingerprint density at radius 3 is 3.00 bits per heavy atom. The van der Waals surface area contributed by atoms with E-state index in [1.165, 1.54) is 6.07 Å². The molecular weight excluding hydrogens is 216 g/mol. The van der Waals surface area contributed by atoms with Crippen LogP contribution >= 0.6 is 11.5 Å². The summed E-state index contributed by atoms with van der Waals surface area (Å²) in [4.78, 5) is 15.5. The zero-order valence-corrected chi connectivity index (χ0v) is 8.63. The highest BCUT2D eigenvalue weighted by atomic mass is 32.1. The van der Waals surface area contributed by atoms with E-state index in [2.05, 4.69) is 24.9 Å². The van der Waals surface area contributed by atoms with Crippen molar-refractivity contribution in [1.29, 1.82) is 0 Å². The number of anilines is 2. The number of aryl methyl sites for hydroxylation is 1. The van der Waals surface area contributed by atoms with E-state index in [1.807, 2.05) is 0 Å². The van der Waals surface area contributed by atoms with Crippen LogP contribution in [0.25, 0.3) is 0 Å². The molecule has 15 heavy (non-hydrogen) atoms. The number of nitrogen functional groups attached to an aromatic ring is 1. The number of carbonyl (C=O) groups is 1. The lowest BCUT2D eigenvalue weighted by atomic mass is 10.4. The van der Waals surface area contributed by atoms with E-state index in [9.17, 15) is 4.79 Å². The number of carbonyl (C=O) groups excluding carboxylic acids is 1. The molecule has 2 rings (SSSR count). The van der Waals surface area contributed by atoms with Crippen molar-refractivity contribution in [3.63, 3.8) is 0 Å². The molecular formula is C7H8N6OS. The largest absolute Gasteiger partial charge is 0.382 e. The predicted octanol–water partition coefficient (Wildman–Crippen LogP) is 0.404. The third kappa shape index (κ3) is 2.10. The smallest absolute Gasteiger partial charge is 0.275 e.